The van der Waals surface area contributed by atoms with Crippen LogP contribution < -0.4 is 26.4 Å². The van der Waals surface area contributed by atoms with Crippen LogP contribution in [-0.4, -0.2) is 41.4 Å². The molecule has 0 amide bonds. The minimum absolute atomic E-state index is 0.371. The predicted octanol–water partition coefficient (Wildman–Crippen LogP) is 4.12. The largest absolute Gasteiger partial charge is 0.488 e. The summed E-state index contributed by atoms with van der Waals surface area (Å²) in [4.78, 5) is 7.92. The Kier molecular flexibility index (Phi) is 10.0. The fraction of sp³-hybridized carbons (Fsp3) is 0.267. The number of anilines is 2. The number of rotatable bonds is 4. The number of aromatic nitrogens is 2. The van der Waals surface area contributed by atoms with Gasteiger partial charge in [0.15, 0.2) is 0 Å². The number of halogens is 1. The van der Waals surface area contributed by atoms with Crippen molar-refractivity contribution in [3.8, 4) is 22.9 Å². The lowest BCUT2D eigenvalue weighted by Gasteiger charge is -2.11. The summed E-state index contributed by atoms with van der Waals surface area (Å²) < 4.78 is 11.0. The van der Waals surface area contributed by atoms with Crippen LogP contribution in [0, 0.1) is 0 Å². The SMILES string of the molecule is COc1cc(-c2ccc3c(c2N)CCC3)ccn1.COc1cc(B(O)O)ccn1.Nc1c(Br)ccc2c1CCC2. The zero-order chi connectivity index (χ0) is 28.6. The molecule has 2 aliphatic rings. The highest BCUT2D eigenvalue weighted by Crippen LogP contribution is 2.36. The molecule has 0 saturated heterocycles. The summed E-state index contributed by atoms with van der Waals surface area (Å²) in [7, 11) is 1.63. The van der Waals surface area contributed by atoms with E-state index in [9.17, 15) is 0 Å². The van der Waals surface area contributed by atoms with Crippen molar-refractivity contribution in [3.05, 3.63) is 87.7 Å². The maximum absolute atomic E-state index is 8.72. The molecule has 0 unspecified atom stereocenters. The van der Waals surface area contributed by atoms with Gasteiger partial charge in [-0.2, -0.15) is 0 Å². The molecule has 2 aliphatic carbocycles. The highest BCUT2D eigenvalue weighted by Gasteiger charge is 2.17. The Labute approximate surface area is 243 Å². The lowest BCUT2D eigenvalue weighted by atomic mass is 9.81. The molecule has 2 aromatic heterocycles. The number of hydrogen-bond acceptors (Lipinski definition) is 8. The number of nitrogen functional groups attached to an aromatic ring is 2. The van der Waals surface area contributed by atoms with Crippen LogP contribution in [0.1, 0.15) is 35.1 Å². The zero-order valence-corrected chi connectivity index (χ0v) is 24.3. The van der Waals surface area contributed by atoms with Crippen molar-refractivity contribution >= 4 is 39.9 Å². The number of aryl methyl sites for hydroxylation is 2. The Morgan fingerprint density at radius 3 is 1.95 bits per heavy atom. The van der Waals surface area contributed by atoms with Gasteiger partial charge in [-0.05, 0) is 106 Å². The van der Waals surface area contributed by atoms with E-state index in [1.807, 2.05) is 18.2 Å². The fourth-order valence-corrected chi connectivity index (χ4v) is 5.37. The normalized spacial score (nSPS) is 12.7. The van der Waals surface area contributed by atoms with Crippen LogP contribution in [0.4, 0.5) is 11.4 Å². The third-order valence-corrected chi connectivity index (χ3v) is 7.81. The van der Waals surface area contributed by atoms with Crippen molar-refractivity contribution in [2.75, 3.05) is 25.7 Å². The quantitative estimate of drug-likeness (QED) is 0.202. The van der Waals surface area contributed by atoms with Crippen LogP contribution in [0.15, 0.2) is 65.4 Å². The first-order valence-electron chi connectivity index (χ1n) is 13.1. The van der Waals surface area contributed by atoms with Crippen LogP contribution in [0.25, 0.3) is 11.1 Å². The topological polar surface area (TPSA) is 137 Å². The van der Waals surface area contributed by atoms with Gasteiger partial charge in [-0.3, -0.25) is 0 Å². The molecule has 0 spiro atoms. The molecule has 40 heavy (non-hydrogen) atoms. The lowest BCUT2D eigenvalue weighted by Crippen LogP contribution is -2.29. The van der Waals surface area contributed by atoms with Gasteiger partial charge < -0.3 is 31.0 Å². The molecule has 0 aliphatic heterocycles. The lowest BCUT2D eigenvalue weighted by molar-refractivity contribution is 0.396. The molecule has 2 aromatic carbocycles. The molecule has 0 atom stereocenters. The summed E-state index contributed by atoms with van der Waals surface area (Å²) in [6.07, 6.45) is 10.3. The van der Waals surface area contributed by atoms with Gasteiger partial charge in [0.25, 0.3) is 0 Å². The molecule has 2 heterocycles. The van der Waals surface area contributed by atoms with Gasteiger partial charge in [-0.15, -0.1) is 0 Å². The molecule has 6 rings (SSSR count). The zero-order valence-electron chi connectivity index (χ0n) is 22.7. The van der Waals surface area contributed by atoms with Crippen LogP contribution in [0.3, 0.4) is 0 Å². The van der Waals surface area contributed by atoms with Gasteiger partial charge in [0, 0.05) is 45.9 Å². The highest BCUT2D eigenvalue weighted by molar-refractivity contribution is 9.10. The number of hydrogen-bond donors (Lipinski definition) is 4. The summed E-state index contributed by atoms with van der Waals surface area (Å²) in [6, 6.07) is 15.4. The van der Waals surface area contributed by atoms with Crippen molar-refractivity contribution in [1.82, 2.24) is 9.97 Å². The van der Waals surface area contributed by atoms with E-state index in [2.05, 4.69) is 44.1 Å². The van der Waals surface area contributed by atoms with Crippen LogP contribution in [-0.2, 0) is 25.7 Å². The first-order valence-corrected chi connectivity index (χ1v) is 13.9. The van der Waals surface area contributed by atoms with Gasteiger partial charge in [0.2, 0.25) is 11.8 Å². The average Bonchev–Trinajstić information content (AvgIpc) is 3.67. The second kappa shape index (κ2) is 13.7. The first-order chi connectivity index (χ1) is 19.3. The smallest absolute Gasteiger partial charge is 0.481 e. The van der Waals surface area contributed by atoms with Crippen LogP contribution in [0.2, 0.25) is 0 Å². The van der Waals surface area contributed by atoms with Crippen LogP contribution >= 0.6 is 15.9 Å². The number of nitrogens with two attached hydrogens (primary N) is 2. The number of benzene rings is 2. The summed E-state index contributed by atoms with van der Waals surface area (Å²) in [5.74, 6) is 0.989. The third kappa shape index (κ3) is 6.93. The van der Waals surface area contributed by atoms with E-state index in [0.29, 0.717) is 17.2 Å². The number of pyridine rings is 2. The maximum Gasteiger partial charge on any atom is 0.488 e. The molecule has 8 nitrogen and oxygen atoms in total. The van der Waals surface area contributed by atoms with Crippen molar-refractivity contribution in [3.63, 3.8) is 0 Å². The van der Waals surface area contributed by atoms with Gasteiger partial charge >= 0.3 is 7.12 Å². The standard InChI is InChI=1S/C15H16N2O.C9H10BrN.C6H8BNO3/c1-18-14-9-11(7-8-17-14)13-6-5-10-3-2-4-12(10)15(13)16;10-8-5-4-6-2-1-3-7(6)9(8)11;1-11-6-4-5(7(9)10)2-3-8-6/h5-9H,2-4,16H2,1H3;4-5H,1-3,11H2;2-4,9-10H,1H3. The van der Waals surface area contributed by atoms with Crippen molar-refractivity contribution in [1.29, 1.82) is 0 Å². The fourth-order valence-electron chi connectivity index (χ4n) is 5.00. The summed E-state index contributed by atoms with van der Waals surface area (Å²) in [5, 5.41) is 17.4. The van der Waals surface area contributed by atoms with E-state index >= 15 is 0 Å². The van der Waals surface area contributed by atoms with E-state index in [0.717, 1.165) is 46.2 Å². The minimum atomic E-state index is -1.47. The molecule has 0 saturated carbocycles. The van der Waals surface area contributed by atoms with Crippen molar-refractivity contribution in [2.45, 2.75) is 38.5 Å². The second-order valence-corrected chi connectivity index (χ2v) is 10.4. The highest BCUT2D eigenvalue weighted by atomic mass is 79.9. The van der Waals surface area contributed by atoms with E-state index in [4.69, 9.17) is 31.0 Å². The van der Waals surface area contributed by atoms with E-state index in [1.54, 1.807) is 13.3 Å². The predicted molar refractivity (Wildman–Crippen MR) is 164 cm³/mol. The Hall–Kier alpha value is -3.60. The van der Waals surface area contributed by atoms with E-state index in [1.165, 1.54) is 67.0 Å². The molecule has 0 radical (unpaired) electrons. The van der Waals surface area contributed by atoms with Gasteiger partial charge in [-0.1, -0.05) is 18.2 Å². The summed E-state index contributed by atoms with van der Waals surface area (Å²) in [6.45, 7) is 0. The molecular weight excluding hydrogens is 571 g/mol. The Balaban J connectivity index is 0.000000146. The van der Waals surface area contributed by atoms with Gasteiger partial charge in [-0.25, -0.2) is 9.97 Å². The van der Waals surface area contributed by atoms with E-state index < -0.39 is 7.12 Å². The molecule has 6 N–H and O–H groups in total. The molecule has 10 heteroatoms. The van der Waals surface area contributed by atoms with Crippen LogP contribution in [0.5, 0.6) is 11.8 Å². The van der Waals surface area contributed by atoms with E-state index in [-0.39, 0.29) is 0 Å². The van der Waals surface area contributed by atoms with Gasteiger partial charge in [0.1, 0.15) is 0 Å². The Morgan fingerprint density at radius 2 is 1.32 bits per heavy atom. The summed E-state index contributed by atoms with van der Waals surface area (Å²) in [5.41, 5.74) is 22.1. The number of fused-ring (bicyclic) bond motifs is 2. The minimum Gasteiger partial charge on any atom is -0.481 e. The molecule has 0 fully saturated rings. The molecular formula is C30H34BBrN4O4. The average molecular weight is 605 g/mol. The molecule has 0 bridgehead atoms. The number of ether oxygens (including phenoxy) is 2. The third-order valence-electron chi connectivity index (χ3n) is 7.12. The monoisotopic (exact) mass is 604 g/mol. The van der Waals surface area contributed by atoms with Crippen molar-refractivity contribution in [2.24, 2.45) is 0 Å². The second-order valence-electron chi connectivity index (χ2n) is 9.56. The van der Waals surface area contributed by atoms with Crippen molar-refractivity contribution < 1.29 is 19.5 Å². The Bertz CT molecular complexity index is 1470. The molecule has 4 aromatic rings. The summed E-state index contributed by atoms with van der Waals surface area (Å²) >= 11 is 3.42. The first kappa shape index (κ1) is 29.4. The maximum atomic E-state index is 8.72. The Morgan fingerprint density at radius 1 is 0.750 bits per heavy atom. The molecule has 208 valence electrons. The number of nitrogens with zero attached hydrogens (tertiary/aromatic N) is 2. The number of methoxy groups -OCH3 is 2. The van der Waals surface area contributed by atoms with Gasteiger partial charge in [0.05, 0.1) is 14.2 Å².